The van der Waals surface area contributed by atoms with Crippen LogP contribution in [0.5, 0.6) is 5.75 Å². The molecule has 0 unspecified atom stereocenters. The van der Waals surface area contributed by atoms with Gasteiger partial charge in [-0.05, 0) is 32.0 Å². The Hall–Kier alpha value is -4.65. The molecule has 2 N–H and O–H groups in total. The molecule has 1 atom stereocenters. The Labute approximate surface area is 214 Å². The highest BCUT2D eigenvalue weighted by atomic mass is 32.1. The third kappa shape index (κ3) is 4.76. The van der Waals surface area contributed by atoms with Gasteiger partial charge >= 0.3 is 0 Å². The Balaban J connectivity index is 1.35. The summed E-state index contributed by atoms with van der Waals surface area (Å²) in [4.78, 5) is 36.5. The summed E-state index contributed by atoms with van der Waals surface area (Å²) in [5.41, 5.74) is 0.589. The van der Waals surface area contributed by atoms with Gasteiger partial charge < -0.3 is 24.5 Å². The van der Waals surface area contributed by atoms with Crippen LogP contribution in [0.25, 0.3) is 16.5 Å². The molecule has 4 heterocycles. The number of nitrogens with one attached hydrogen (secondary N) is 1. The topological polar surface area (TPSA) is 146 Å². The number of hydrogen-bond acceptors (Lipinski definition) is 9. The lowest BCUT2D eigenvalue weighted by Gasteiger charge is -2.20. The zero-order valence-electron chi connectivity index (χ0n) is 20.0. The van der Waals surface area contributed by atoms with Crippen molar-refractivity contribution in [2.24, 2.45) is 0 Å². The van der Waals surface area contributed by atoms with Gasteiger partial charge in [0.25, 0.3) is 11.8 Å². The first kappa shape index (κ1) is 24.1. The number of anilines is 1. The Morgan fingerprint density at radius 2 is 2.19 bits per heavy atom. The van der Waals surface area contributed by atoms with Gasteiger partial charge in [-0.1, -0.05) is 11.8 Å². The summed E-state index contributed by atoms with van der Waals surface area (Å²) in [5.74, 6) is 5.47. The number of aromatic nitrogens is 3. The van der Waals surface area contributed by atoms with Gasteiger partial charge in [-0.2, -0.15) is 5.26 Å². The van der Waals surface area contributed by atoms with Crippen molar-refractivity contribution in [2.45, 2.75) is 25.5 Å². The van der Waals surface area contributed by atoms with Crippen molar-refractivity contribution in [3.63, 3.8) is 0 Å². The number of oxazole rings is 1. The van der Waals surface area contributed by atoms with Crippen LogP contribution in [-0.2, 0) is 4.79 Å². The van der Waals surface area contributed by atoms with Crippen LogP contribution >= 0.6 is 11.3 Å². The van der Waals surface area contributed by atoms with Crippen molar-refractivity contribution < 1.29 is 23.8 Å². The molecule has 5 rings (SSSR count). The van der Waals surface area contributed by atoms with Crippen LogP contribution in [0.2, 0.25) is 0 Å². The molecule has 0 fully saturated rings. The molecule has 12 heteroatoms. The van der Waals surface area contributed by atoms with Crippen molar-refractivity contribution in [3.8, 4) is 35.2 Å². The van der Waals surface area contributed by atoms with Gasteiger partial charge in [-0.3, -0.25) is 14.0 Å². The molecule has 0 saturated carbocycles. The number of carbonyl (C=O) groups excluding carboxylic acids is 2. The van der Waals surface area contributed by atoms with Crippen LogP contribution in [0.15, 0.2) is 40.4 Å². The van der Waals surface area contributed by atoms with Crippen LogP contribution in [0.4, 0.5) is 5.69 Å². The van der Waals surface area contributed by atoms with E-state index in [4.69, 9.17) is 14.4 Å². The minimum absolute atomic E-state index is 0.0702. The van der Waals surface area contributed by atoms with E-state index >= 15 is 0 Å². The summed E-state index contributed by atoms with van der Waals surface area (Å²) in [7, 11) is 1.59. The van der Waals surface area contributed by atoms with Gasteiger partial charge in [0, 0.05) is 24.2 Å². The second-order valence-electron chi connectivity index (χ2n) is 8.77. The van der Waals surface area contributed by atoms with Gasteiger partial charge in [0.2, 0.25) is 11.7 Å². The molecule has 0 saturated heterocycles. The van der Waals surface area contributed by atoms with Crippen molar-refractivity contribution >= 4 is 33.8 Å². The van der Waals surface area contributed by atoms with E-state index in [-0.39, 0.29) is 29.9 Å². The maximum atomic E-state index is 13.2. The summed E-state index contributed by atoms with van der Waals surface area (Å²) in [6.45, 7) is 3.09. The number of likely N-dealkylation sites (N-methyl/N-ethyl adjacent to an activating group) is 1. The van der Waals surface area contributed by atoms with Crippen LogP contribution in [0.1, 0.15) is 35.7 Å². The summed E-state index contributed by atoms with van der Waals surface area (Å²) in [6.07, 6.45) is 2.83. The molecule has 11 nitrogen and oxygen atoms in total. The van der Waals surface area contributed by atoms with Gasteiger partial charge in [-0.25, -0.2) is 9.97 Å². The van der Waals surface area contributed by atoms with Crippen molar-refractivity contribution in [1.82, 2.24) is 19.7 Å². The van der Waals surface area contributed by atoms with Gasteiger partial charge in [0.05, 0.1) is 11.9 Å². The zero-order valence-corrected chi connectivity index (χ0v) is 20.8. The Morgan fingerprint density at radius 3 is 2.92 bits per heavy atom. The fourth-order valence-electron chi connectivity index (χ4n) is 3.63. The number of aliphatic hydroxyl groups is 1. The number of thiazole rings is 1. The van der Waals surface area contributed by atoms with E-state index in [1.54, 1.807) is 48.9 Å². The van der Waals surface area contributed by atoms with Gasteiger partial charge in [0.1, 0.15) is 41.5 Å². The van der Waals surface area contributed by atoms with Crippen LogP contribution in [0, 0.1) is 23.2 Å². The molecule has 2 amide bonds. The first-order valence-corrected chi connectivity index (χ1v) is 11.9. The summed E-state index contributed by atoms with van der Waals surface area (Å²) in [5, 5.41) is 23.3. The van der Waals surface area contributed by atoms with Crippen molar-refractivity contribution in [1.29, 1.82) is 5.26 Å². The normalized spacial score (nSPS) is 15.3. The number of ether oxygens (including phenoxy) is 1. The Morgan fingerprint density at radius 1 is 1.38 bits per heavy atom. The SMILES string of the molecule is CN1C(=O)[C@@H](NC(=O)c2cn3c(-c4ncc(C#N)o4)csc3n2)COc2ccc(C#CC(C)(C)O)cc21. The highest BCUT2D eigenvalue weighted by Crippen LogP contribution is 2.32. The lowest BCUT2D eigenvalue weighted by atomic mass is 10.1. The molecule has 37 heavy (non-hydrogen) atoms. The molecule has 1 aliphatic rings. The fourth-order valence-corrected chi connectivity index (χ4v) is 4.48. The molecule has 0 radical (unpaired) electrons. The average Bonchev–Trinajstić information content (AvgIpc) is 3.58. The standard InChI is InChI=1S/C25H20N6O5S/c1-25(2,34)7-6-14-4-5-20-18(8-14)30(3)23(33)17(12-35-20)28-21(32)16-11-31-19(13-37-24(31)29-16)22-27-10-15(9-26)36-22/h4-5,8,10-11,13,17,34H,12H2,1-3H3,(H,28,32)/t17-/m0/s1. The van der Waals surface area contributed by atoms with Gasteiger partial charge in [-0.15, -0.1) is 11.3 Å². The van der Waals surface area contributed by atoms with E-state index in [1.165, 1.54) is 28.6 Å². The highest BCUT2D eigenvalue weighted by Gasteiger charge is 2.31. The summed E-state index contributed by atoms with van der Waals surface area (Å²) in [6, 6.07) is 6.05. The molecule has 0 bridgehead atoms. The summed E-state index contributed by atoms with van der Waals surface area (Å²) < 4.78 is 12.8. The number of carbonyl (C=O) groups is 2. The predicted molar refractivity (Wildman–Crippen MR) is 133 cm³/mol. The monoisotopic (exact) mass is 516 g/mol. The molecule has 0 spiro atoms. The van der Waals surface area contributed by atoms with E-state index in [0.717, 1.165) is 0 Å². The maximum absolute atomic E-state index is 13.2. The number of hydrogen-bond donors (Lipinski definition) is 2. The van der Waals surface area contributed by atoms with Crippen molar-refractivity contribution in [3.05, 3.63) is 53.0 Å². The second kappa shape index (κ2) is 9.09. The number of nitriles is 1. The number of amides is 2. The minimum atomic E-state index is -1.16. The lowest BCUT2D eigenvalue weighted by Crippen LogP contribution is -2.49. The smallest absolute Gasteiger partial charge is 0.272 e. The van der Waals surface area contributed by atoms with Crippen LogP contribution < -0.4 is 15.0 Å². The zero-order chi connectivity index (χ0) is 26.3. The first-order chi connectivity index (χ1) is 17.6. The molecule has 4 aromatic rings. The Bertz CT molecular complexity index is 1640. The van der Waals surface area contributed by atoms with E-state index < -0.39 is 17.6 Å². The predicted octanol–water partition coefficient (Wildman–Crippen LogP) is 2.20. The highest BCUT2D eigenvalue weighted by molar-refractivity contribution is 7.15. The first-order valence-electron chi connectivity index (χ1n) is 11.1. The molecule has 186 valence electrons. The van der Waals surface area contributed by atoms with Crippen molar-refractivity contribution in [2.75, 3.05) is 18.6 Å². The van der Waals surface area contributed by atoms with E-state index in [2.05, 4.69) is 27.1 Å². The third-order valence-electron chi connectivity index (χ3n) is 5.45. The van der Waals surface area contributed by atoms with Crippen LogP contribution in [0.3, 0.4) is 0 Å². The molecular formula is C25H20N6O5S. The van der Waals surface area contributed by atoms with Gasteiger partial charge in [0.15, 0.2) is 4.96 Å². The van der Waals surface area contributed by atoms with E-state index in [9.17, 15) is 14.7 Å². The number of rotatable bonds is 3. The minimum Gasteiger partial charge on any atom is -0.489 e. The Kier molecular flexibility index (Phi) is 5.91. The lowest BCUT2D eigenvalue weighted by molar-refractivity contribution is -0.120. The van der Waals surface area contributed by atoms with E-state index in [1.807, 2.05) is 6.07 Å². The summed E-state index contributed by atoms with van der Waals surface area (Å²) >= 11 is 1.27. The molecular weight excluding hydrogens is 496 g/mol. The molecule has 3 aromatic heterocycles. The van der Waals surface area contributed by atoms with Crippen LogP contribution in [-0.4, -0.2) is 56.6 Å². The number of nitrogens with zero attached hydrogens (tertiary/aromatic N) is 5. The average molecular weight is 517 g/mol. The molecule has 1 aliphatic heterocycles. The number of benzene rings is 1. The maximum Gasteiger partial charge on any atom is 0.272 e. The molecule has 0 aliphatic carbocycles. The number of imidazole rings is 1. The quantitative estimate of drug-likeness (QED) is 0.394. The number of fused-ring (bicyclic) bond motifs is 2. The fraction of sp³-hybridized carbons (Fsp3) is 0.240. The second-order valence-corrected chi connectivity index (χ2v) is 9.60. The third-order valence-corrected chi connectivity index (χ3v) is 6.29. The molecule has 1 aromatic carbocycles. The largest absolute Gasteiger partial charge is 0.489 e. The van der Waals surface area contributed by atoms with E-state index in [0.29, 0.717) is 27.7 Å².